The smallest absolute Gasteiger partial charge is 0.235 e. The maximum atomic E-state index is 13.4. The van der Waals surface area contributed by atoms with Gasteiger partial charge >= 0.3 is 0 Å². The number of benzene rings is 2. The van der Waals surface area contributed by atoms with Gasteiger partial charge in [-0.3, -0.25) is 5.10 Å². The summed E-state index contributed by atoms with van der Waals surface area (Å²) in [6.45, 7) is 2.76. The van der Waals surface area contributed by atoms with Gasteiger partial charge in [0.15, 0.2) is 5.82 Å². The Morgan fingerprint density at radius 2 is 1.94 bits per heavy atom. The maximum Gasteiger partial charge on any atom is 0.235 e. The van der Waals surface area contributed by atoms with E-state index >= 15 is 0 Å². The number of ether oxygens (including phenoxy) is 1. The van der Waals surface area contributed by atoms with Gasteiger partial charge in [-0.2, -0.15) is 20.1 Å². The third kappa shape index (κ3) is 4.34. The average Bonchev–Trinajstić information content (AvgIpc) is 3.50. The van der Waals surface area contributed by atoms with E-state index < -0.39 is 0 Å². The number of hydrogen-bond donors (Lipinski definition) is 3. The summed E-state index contributed by atoms with van der Waals surface area (Å²) in [6, 6.07) is 14.4. The first-order valence-electron chi connectivity index (χ1n) is 11.0. The molecule has 174 valence electrons. The SMILES string of the molecule is COc1cc(-c2cc(Nc3nc(N)nc(N4CCCC4c4ccc(F)cc4)n3)n[nH]2)ccc1C. The van der Waals surface area contributed by atoms with Crippen LogP contribution >= 0.6 is 0 Å². The molecule has 2 aromatic heterocycles. The summed E-state index contributed by atoms with van der Waals surface area (Å²) in [4.78, 5) is 15.2. The Morgan fingerprint density at radius 3 is 2.74 bits per heavy atom. The molecule has 0 bridgehead atoms. The van der Waals surface area contributed by atoms with Crippen LogP contribution in [0, 0.1) is 12.7 Å². The lowest BCUT2D eigenvalue weighted by molar-refractivity contribution is 0.412. The van der Waals surface area contributed by atoms with E-state index in [-0.39, 0.29) is 17.8 Å². The van der Waals surface area contributed by atoms with Crippen molar-refractivity contribution in [2.45, 2.75) is 25.8 Å². The van der Waals surface area contributed by atoms with E-state index in [1.165, 1.54) is 12.1 Å². The van der Waals surface area contributed by atoms with Crippen molar-refractivity contribution in [1.29, 1.82) is 0 Å². The number of rotatable bonds is 6. The monoisotopic (exact) mass is 460 g/mol. The Labute approximate surface area is 196 Å². The second-order valence-electron chi connectivity index (χ2n) is 8.20. The first-order valence-corrected chi connectivity index (χ1v) is 11.0. The van der Waals surface area contributed by atoms with Gasteiger partial charge < -0.3 is 20.7 Å². The summed E-state index contributed by atoms with van der Waals surface area (Å²) in [7, 11) is 1.65. The molecule has 1 fully saturated rings. The lowest BCUT2D eigenvalue weighted by atomic mass is 10.0. The molecule has 0 aliphatic carbocycles. The van der Waals surface area contributed by atoms with Crippen LogP contribution in [0.5, 0.6) is 5.75 Å². The average molecular weight is 461 g/mol. The van der Waals surface area contributed by atoms with Crippen molar-refractivity contribution in [3.05, 3.63) is 65.5 Å². The normalized spacial score (nSPS) is 15.5. The van der Waals surface area contributed by atoms with Crippen molar-refractivity contribution in [1.82, 2.24) is 25.1 Å². The van der Waals surface area contributed by atoms with Gasteiger partial charge in [0.25, 0.3) is 0 Å². The molecular weight excluding hydrogens is 435 g/mol. The Hall–Kier alpha value is -4.21. The van der Waals surface area contributed by atoms with Gasteiger partial charge in [-0.15, -0.1) is 0 Å². The minimum absolute atomic E-state index is 0.0451. The maximum absolute atomic E-state index is 13.4. The van der Waals surface area contributed by atoms with E-state index in [1.54, 1.807) is 19.2 Å². The van der Waals surface area contributed by atoms with E-state index in [0.717, 1.165) is 47.5 Å². The summed E-state index contributed by atoms with van der Waals surface area (Å²) >= 11 is 0. The molecule has 0 radical (unpaired) electrons. The topological polar surface area (TPSA) is 118 Å². The Kier molecular flexibility index (Phi) is 5.70. The van der Waals surface area contributed by atoms with Gasteiger partial charge in [0.1, 0.15) is 11.6 Å². The number of nitrogens with two attached hydrogens (primary N) is 1. The highest BCUT2D eigenvalue weighted by Crippen LogP contribution is 2.35. The van der Waals surface area contributed by atoms with Crippen LogP contribution in [0.4, 0.5) is 28.1 Å². The van der Waals surface area contributed by atoms with Gasteiger partial charge in [0, 0.05) is 18.2 Å². The molecule has 1 atom stereocenters. The fourth-order valence-corrected chi connectivity index (χ4v) is 4.24. The first kappa shape index (κ1) is 21.6. The molecule has 2 aromatic carbocycles. The van der Waals surface area contributed by atoms with Gasteiger partial charge in [-0.05, 0) is 49.1 Å². The van der Waals surface area contributed by atoms with Crippen LogP contribution in [0.3, 0.4) is 0 Å². The zero-order valence-electron chi connectivity index (χ0n) is 18.9. The fourth-order valence-electron chi connectivity index (χ4n) is 4.24. The van der Waals surface area contributed by atoms with Crippen LogP contribution in [-0.4, -0.2) is 38.8 Å². The quantitative estimate of drug-likeness (QED) is 0.388. The highest BCUT2D eigenvalue weighted by Gasteiger charge is 2.29. The highest BCUT2D eigenvalue weighted by molar-refractivity contribution is 5.66. The molecule has 1 saturated heterocycles. The van der Waals surface area contributed by atoms with Crippen molar-refractivity contribution in [2.24, 2.45) is 0 Å². The second kappa shape index (κ2) is 8.97. The van der Waals surface area contributed by atoms with Gasteiger partial charge in [0.05, 0.1) is 18.8 Å². The van der Waals surface area contributed by atoms with E-state index in [4.69, 9.17) is 10.5 Å². The number of nitrogen functional groups attached to an aromatic ring is 1. The lowest BCUT2D eigenvalue weighted by Crippen LogP contribution is -2.25. The molecule has 0 spiro atoms. The highest BCUT2D eigenvalue weighted by atomic mass is 19.1. The number of aromatic amines is 1. The number of anilines is 4. The molecule has 4 aromatic rings. The third-order valence-corrected chi connectivity index (χ3v) is 5.94. The summed E-state index contributed by atoms with van der Waals surface area (Å²) in [5.41, 5.74) is 9.83. The largest absolute Gasteiger partial charge is 0.496 e. The molecule has 1 unspecified atom stereocenters. The molecule has 4 N–H and O–H groups in total. The minimum atomic E-state index is -0.258. The van der Waals surface area contributed by atoms with Crippen LogP contribution in [0.25, 0.3) is 11.3 Å². The number of methoxy groups -OCH3 is 1. The number of H-pyrrole nitrogens is 1. The summed E-state index contributed by atoms with van der Waals surface area (Å²) in [5.74, 6) is 1.97. The van der Waals surface area contributed by atoms with Crippen LogP contribution in [0.2, 0.25) is 0 Å². The zero-order chi connectivity index (χ0) is 23.7. The summed E-state index contributed by atoms with van der Waals surface area (Å²) < 4.78 is 18.8. The van der Waals surface area contributed by atoms with Crippen LogP contribution < -0.4 is 20.7 Å². The standard InChI is InChI=1S/C24H25FN8O/c1-14-5-6-16(12-20(14)34-2)18-13-21(32-31-18)27-23-28-22(26)29-24(30-23)33-11-3-4-19(33)15-7-9-17(25)10-8-15/h5-10,12-13,19H,3-4,11H2,1-2H3,(H4,26,27,28,29,30,31,32). The molecule has 34 heavy (non-hydrogen) atoms. The van der Waals surface area contributed by atoms with Crippen molar-refractivity contribution in [3.63, 3.8) is 0 Å². The molecular formula is C24H25FN8O. The van der Waals surface area contributed by atoms with E-state index in [2.05, 4.69) is 35.4 Å². The number of aryl methyl sites for hydroxylation is 1. The number of hydrogen-bond acceptors (Lipinski definition) is 8. The molecule has 1 aliphatic rings. The molecule has 10 heteroatoms. The van der Waals surface area contributed by atoms with Crippen molar-refractivity contribution >= 4 is 23.7 Å². The van der Waals surface area contributed by atoms with E-state index in [1.807, 2.05) is 31.2 Å². The van der Waals surface area contributed by atoms with Gasteiger partial charge in [-0.25, -0.2) is 4.39 Å². The number of nitrogens with zero attached hydrogens (tertiary/aromatic N) is 5. The summed E-state index contributed by atoms with van der Waals surface area (Å²) in [6.07, 6.45) is 1.89. The van der Waals surface area contributed by atoms with E-state index in [0.29, 0.717) is 17.7 Å². The van der Waals surface area contributed by atoms with Crippen molar-refractivity contribution in [2.75, 3.05) is 29.6 Å². The first-order chi connectivity index (χ1) is 16.5. The van der Waals surface area contributed by atoms with E-state index in [9.17, 15) is 4.39 Å². The summed E-state index contributed by atoms with van der Waals surface area (Å²) in [5, 5.41) is 10.5. The fraction of sp³-hybridized carbons (Fsp3) is 0.250. The van der Waals surface area contributed by atoms with Crippen molar-refractivity contribution < 1.29 is 9.13 Å². The van der Waals surface area contributed by atoms with Gasteiger partial charge in [0.2, 0.25) is 17.8 Å². The Bertz CT molecular complexity index is 1310. The number of halogens is 1. The zero-order valence-corrected chi connectivity index (χ0v) is 18.9. The molecule has 0 saturated carbocycles. The van der Waals surface area contributed by atoms with Crippen LogP contribution in [0.15, 0.2) is 48.5 Å². The molecule has 5 rings (SSSR count). The molecule has 9 nitrogen and oxygen atoms in total. The Balaban J connectivity index is 1.38. The Morgan fingerprint density at radius 1 is 1.12 bits per heavy atom. The molecule has 0 amide bonds. The second-order valence-corrected chi connectivity index (χ2v) is 8.20. The number of nitrogens with one attached hydrogen (secondary N) is 2. The third-order valence-electron chi connectivity index (χ3n) is 5.94. The predicted octanol–water partition coefficient (Wildman–Crippen LogP) is 4.39. The van der Waals surface area contributed by atoms with Crippen LogP contribution in [-0.2, 0) is 0 Å². The van der Waals surface area contributed by atoms with Gasteiger partial charge in [-0.1, -0.05) is 24.3 Å². The van der Waals surface area contributed by atoms with Crippen molar-refractivity contribution in [3.8, 4) is 17.0 Å². The van der Waals surface area contributed by atoms with Crippen LogP contribution in [0.1, 0.15) is 30.0 Å². The molecule has 3 heterocycles. The molecule has 1 aliphatic heterocycles. The number of aromatic nitrogens is 5. The predicted molar refractivity (Wildman–Crippen MR) is 129 cm³/mol. The minimum Gasteiger partial charge on any atom is -0.496 e. The lowest BCUT2D eigenvalue weighted by Gasteiger charge is -2.25.